The molecule has 0 fully saturated rings. The Labute approximate surface area is 164 Å². The van der Waals surface area contributed by atoms with Crippen molar-refractivity contribution in [1.82, 2.24) is 14.9 Å². The second-order valence-corrected chi connectivity index (χ2v) is 7.54. The summed E-state index contributed by atoms with van der Waals surface area (Å²) in [7, 11) is 0. The summed E-state index contributed by atoms with van der Waals surface area (Å²) in [6.07, 6.45) is 3.59. The molecule has 0 radical (unpaired) electrons. The molecule has 0 aliphatic carbocycles. The van der Waals surface area contributed by atoms with Gasteiger partial charge in [-0.05, 0) is 43.0 Å². The Morgan fingerprint density at radius 3 is 2.79 bits per heavy atom. The lowest BCUT2D eigenvalue weighted by molar-refractivity contribution is 0.0935. The van der Waals surface area contributed by atoms with E-state index >= 15 is 0 Å². The van der Waals surface area contributed by atoms with E-state index in [1.54, 1.807) is 6.92 Å². The highest BCUT2D eigenvalue weighted by atomic mass is 19.1. The van der Waals surface area contributed by atoms with E-state index in [1.807, 2.05) is 55.6 Å². The average Bonchev–Trinajstić information content (AvgIpc) is 3.14. The number of nitrogens with one attached hydrogen (secondary N) is 1. The smallest absolute Gasteiger partial charge is 0.271 e. The lowest BCUT2D eigenvalue weighted by Gasteiger charge is -2.24. The first-order valence-corrected chi connectivity index (χ1v) is 9.69. The van der Waals surface area contributed by atoms with Gasteiger partial charge in [-0.3, -0.25) is 4.79 Å². The SMILES string of the molecule is Cc1cc(C2CCc3nc(C(=O)NC(C)c4ccccc4)cn3C2)ccc1F. The first kappa shape index (κ1) is 18.4. The number of carbonyl (C=O) groups excluding carboxylic acids is 1. The van der Waals surface area contributed by atoms with Crippen LogP contribution in [0.15, 0.2) is 54.7 Å². The number of rotatable bonds is 4. The molecule has 2 heterocycles. The van der Waals surface area contributed by atoms with Gasteiger partial charge in [0, 0.05) is 25.1 Å². The van der Waals surface area contributed by atoms with Gasteiger partial charge in [0.25, 0.3) is 5.91 Å². The number of benzene rings is 2. The van der Waals surface area contributed by atoms with E-state index in [9.17, 15) is 9.18 Å². The number of carbonyl (C=O) groups is 1. The van der Waals surface area contributed by atoms with Crippen molar-refractivity contribution in [3.8, 4) is 0 Å². The Kier molecular flexibility index (Phi) is 4.99. The van der Waals surface area contributed by atoms with Crippen molar-refractivity contribution in [2.45, 2.75) is 45.2 Å². The monoisotopic (exact) mass is 377 g/mol. The second-order valence-electron chi connectivity index (χ2n) is 7.54. The number of hydrogen-bond donors (Lipinski definition) is 1. The van der Waals surface area contributed by atoms with Crippen molar-refractivity contribution in [1.29, 1.82) is 0 Å². The van der Waals surface area contributed by atoms with Crippen LogP contribution >= 0.6 is 0 Å². The van der Waals surface area contributed by atoms with Gasteiger partial charge in [-0.15, -0.1) is 0 Å². The maximum absolute atomic E-state index is 13.6. The topological polar surface area (TPSA) is 46.9 Å². The van der Waals surface area contributed by atoms with Gasteiger partial charge < -0.3 is 9.88 Å². The van der Waals surface area contributed by atoms with E-state index in [0.717, 1.165) is 36.3 Å². The number of nitrogens with zero attached hydrogens (tertiary/aromatic N) is 2. The molecular formula is C23H24FN3O. The molecule has 28 heavy (non-hydrogen) atoms. The number of aromatic nitrogens is 2. The maximum atomic E-state index is 13.6. The minimum atomic E-state index is -0.172. The van der Waals surface area contributed by atoms with Crippen molar-refractivity contribution in [3.05, 3.63) is 88.8 Å². The Balaban J connectivity index is 1.47. The van der Waals surface area contributed by atoms with Gasteiger partial charge in [0.15, 0.2) is 0 Å². The van der Waals surface area contributed by atoms with Gasteiger partial charge in [-0.1, -0.05) is 42.5 Å². The summed E-state index contributed by atoms with van der Waals surface area (Å²) >= 11 is 0. The van der Waals surface area contributed by atoms with Crippen molar-refractivity contribution in [2.24, 2.45) is 0 Å². The molecule has 5 heteroatoms. The highest BCUT2D eigenvalue weighted by Crippen LogP contribution is 2.30. The third kappa shape index (κ3) is 3.70. The zero-order valence-corrected chi connectivity index (χ0v) is 16.2. The van der Waals surface area contributed by atoms with Crippen molar-refractivity contribution >= 4 is 5.91 Å². The fourth-order valence-corrected chi connectivity index (χ4v) is 3.84. The van der Waals surface area contributed by atoms with Crippen LogP contribution in [0.3, 0.4) is 0 Å². The zero-order chi connectivity index (χ0) is 19.7. The maximum Gasteiger partial charge on any atom is 0.271 e. The predicted molar refractivity (Wildman–Crippen MR) is 107 cm³/mol. The first-order valence-electron chi connectivity index (χ1n) is 9.69. The van der Waals surface area contributed by atoms with Crippen LogP contribution in [0, 0.1) is 12.7 Å². The fraction of sp³-hybridized carbons (Fsp3) is 0.304. The largest absolute Gasteiger partial charge is 0.344 e. The molecule has 3 aromatic rings. The molecule has 0 saturated carbocycles. The molecule has 1 aliphatic heterocycles. The Morgan fingerprint density at radius 2 is 2.04 bits per heavy atom. The van der Waals surface area contributed by atoms with E-state index in [1.165, 1.54) is 6.07 Å². The summed E-state index contributed by atoms with van der Waals surface area (Å²) < 4.78 is 15.6. The number of halogens is 1. The van der Waals surface area contributed by atoms with E-state index in [-0.39, 0.29) is 17.8 Å². The lowest BCUT2D eigenvalue weighted by atomic mass is 9.90. The van der Waals surface area contributed by atoms with Crippen LogP contribution in [0.4, 0.5) is 4.39 Å². The van der Waals surface area contributed by atoms with Crippen LogP contribution in [0.1, 0.15) is 58.3 Å². The van der Waals surface area contributed by atoms with E-state index in [4.69, 9.17) is 0 Å². The molecule has 4 nitrogen and oxygen atoms in total. The minimum Gasteiger partial charge on any atom is -0.344 e. The number of imidazole rings is 1. The molecule has 2 aromatic carbocycles. The van der Waals surface area contributed by atoms with Crippen LogP contribution in [-0.2, 0) is 13.0 Å². The Hall–Kier alpha value is -2.95. The predicted octanol–water partition coefficient (Wildman–Crippen LogP) is 4.55. The number of fused-ring (bicyclic) bond motifs is 1. The van der Waals surface area contributed by atoms with Crippen molar-refractivity contribution < 1.29 is 9.18 Å². The molecule has 1 N–H and O–H groups in total. The molecule has 144 valence electrons. The number of hydrogen-bond acceptors (Lipinski definition) is 2. The highest BCUT2D eigenvalue weighted by Gasteiger charge is 2.24. The van der Waals surface area contributed by atoms with Gasteiger partial charge >= 0.3 is 0 Å². The average molecular weight is 377 g/mol. The summed E-state index contributed by atoms with van der Waals surface area (Å²) in [5.74, 6) is 0.912. The van der Waals surface area contributed by atoms with Crippen LogP contribution < -0.4 is 5.32 Å². The molecule has 0 bridgehead atoms. The summed E-state index contributed by atoms with van der Waals surface area (Å²) in [4.78, 5) is 17.2. The molecule has 2 atom stereocenters. The van der Waals surface area contributed by atoms with Gasteiger partial charge in [0.2, 0.25) is 0 Å². The molecule has 1 amide bonds. The van der Waals surface area contributed by atoms with Crippen LogP contribution in [0.25, 0.3) is 0 Å². The third-order valence-electron chi connectivity index (χ3n) is 5.53. The number of aryl methyl sites for hydroxylation is 2. The van der Waals surface area contributed by atoms with Crippen LogP contribution in [0.2, 0.25) is 0 Å². The van der Waals surface area contributed by atoms with E-state index < -0.39 is 0 Å². The van der Waals surface area contributed by atoms with E-state index in [2.05, 4.69) is 14.9 Å². The molecule has 0 spiro atoms. The highest BCUT2D eigenvalue weighted by molar-refractivity contribution is 5.92. The molecule has 4 rings (SSSR count). The summed E-state index contributed by atoms with van der Waals surface area (Å²) in [5.41, 5.74) is 3.33. The summed E-state index contributed by atoms with van der Waals surface area (Å²) in [5, 5.41) is 3.02. The third-order valence-corrected chi connectivity index (χ3v) is 5.53. The van der Waals surface area contributed by atoms with Crippen molar-refractivity contribution in [2.75, 3.05) is 0 Å². The zero-order valence-electron chi connectivity index (χ0n) is 16.2. The van der Waals surface area contributed by atoms with Gasteiger partial charge in [0.1, 0.15) is 17.3 Å². The van der Waals surface area contributed by atoms with Gasteiger partial charge in [-0.2, -0.15) is 0 Å². The van der Waals surface area contributed by atoms with Crippen LogP contribution in [0.5, 0.6) is 0 Å². The van der Waals surface area contributed by atoms with Crippen LogP contribution in [-0.4, -0.2) is 15.5 Å². The fourth-order valence-electron chi connectivity index (χ4n) is 3.84. The Morgan fingerprint density at radius 1 is 1.25 bits per heavy atom. The molecule has 1 aliphatic rings. The molecular weight excluding hydrogens is 353 g/mol. The number of amides is 1. The summed E-state index contributed by atoms with van der Waals surface area (Å²) in [6.45, 7) is 4.52. The molecule has 2 unspecified atom stereocenters. The van der Waals surface area contributed by atoms with Gasteiger partial charge in [0.05, 0.1) is 6.04 Å². The quantitative estimate of drug-likeness (QED) is 0.725. The van der Waals surface area contributed by atoms with Gasteiger partial charge in [-0.25, -0.2) is 9.37 Å². The lowest BCUT2D eigenvalue weighted by Crippen LogP contribution is -2.26. The standard InChI is InChI=1S/C23H24FN3O/c1-15-12-18(8-10-20(15)24)19-9-11-22-26-21(14-27(22)13-19)23(28)25-16(2)17-6-4-3-5-7-17/h3-8,10,12,14,16,19H,9,11,13H2,1-2H3,(H,25,28). The van der Waals surface area contributed by atoms with Crippen molar-refractivity contribution in [3.63, 3.8) is 0 Å². The first-order chi connectivity index (χ1) is 13.5. The van der Waals surface area contributed by atoms with E-state index in [0.29, 0.717) is 17.2 Å². The normalized spacial score (nSPS) is 17.0. The second kappa shape index (κ2) is 7.58. The minimum absolute atomic E-state index is 0.0811. The molecule has 0 saturated heterocycles. The summed E-state index contributed by atoms with van der Waals surface area (Å²) in [6, 6.07) is 15.1. The Bertz CT molecular complexity index is 996. The molecule has 1 aromatic heterocycles.